The summed E-state index contributed by atoms with van der Waals surface area (Å²) in [6.07, 6.45) is 6.51. The summed E-state index contributed by atoms with van der Waals surface area (Å²) in [6.45, 7) is 0. The van der Waals surface area contributed by atoms with Crippen molar-refractivity contribution in [3.05, 3.63) is 48.1 Å². The van der Waals surface area contributed by atoms with E-state index in [4.69, 9.17) is 0 Å². The Kier molecular flexibility index (Phi) is 3.70. The SMILES string of the molecule is FC=CC1CCC(c2ccc(F)cc2)CC1. The van der Waals surface area contributed by atoms with Crippen LogP contribution >= 0.6 is 0 Å². The van der Waals surface area contributed by atoms with Crippen LogP contribution in [0.2, 0.25) is 0 Å². The molecular weight excluding hydrogens is 206 g/mol. The molecule has 1 aliphatic carbocycles. The van der Waals surface area contributed by atoms with E-state index in [-0.39, 0.29) is 5.82 Å². The van der Waals surface area contributed by atoms with E-state index in [1.807, 2.05) is 12.1 Å². The predicted molar refractivity (Wildman–Crippen MR) is 61.3 cm³/mol. The highest BCUT2D eigenvalue weighted by molar-refractivity contribution is 5.21. The van der Waals surface area contributed by atoms with Gasteiger partial charge in [0.1, 0.15) is 5.82 Å². The van der Waals surface area contributed by atoms with Crippen LogP contribution in [-0.2, 0) is 0 Å². The Morgan fingerprint density at radius 2 is 1.62 bits per heavy atom. The zero-order valence-corrected chi connectivity index (χ0v) is 9.20. The van der Waals surface area contributed by atoms with Crippen LogP contribution in [0.5, 0.6) is 0 Å². The van der Waals surface area contributed by atoms with Crippen LogP contribution in [0.25, 0.3) is 0 Å². The summed E-state index contributed by atoms with van der Waals surface area (Å²) in [5, 5.41) is 0. The van der Waals surface area contributed by atoms with E-state index in [1.54, 1.807) is 6.08 Å². The van der Waals surface area contributed by atoms with Gasteiger partial charge >= 0.3 is 0 Å². The first-order chi connectivity index (χ1) is 7.79. The lowest BCUT2D eigenvalue weighted by Crippen LogP contribution is -2.11. The van der Waals surface area contributed by atoms with Gasteiger partial charge in [-0.1, -0.05) is 18.2 Å². The molecule has 0 saturated heterocycles. The van der Waals surface area contributed by atoms with Gasteiger partial charge in [0.25, 0.3) is 0 Å². The molecule has 0 amide bonds. The molecule has 0 atom stereocenters. The first-order valence-electron chi connectivity index (χ1n) is 5.82. The molecule has 1 aromatic carbocycles. The molecule has 1 aliphatic rings. The third-order valence-electron chi connectivity index (χ3n) is 3.46. The zero-order valence-electron chi connectivity index (χ0n) is 9.20. The van der Waals surface area contributed by atoms with Gasteiger partial charge in [0.2, 0.25) is 0 Å². The van der Waals surface area contributed by atoms with Gasteiger partial charge in [0, 0.05) is 0 Å². The zero-order chi connectivity index (χ0) is 11.4. The van der Waals surface area contributed by atoms with Crippen molar-refractivity contribution < 1.29 is 8.78 Å². The largest absolute Gasteiger partial charge is 0.216 e. The van der Waals surface area contributed by atoms with Crippen LogP contribution in [0.3, 0.4) is 0 Å². The lowest BCUT2D eigenvalue weighted by Gasteiger charge is -2.26. The molecule has 0 radical (unpaired) electrons. The Balaban J connectivity index is 1.96. The van der Waals surface area contributed by atoms with Gasteiger partial charge < -0.3 is 0 Å². The highest BCUT2D eigenvalue weighted by Gasteiger charge is 2.20. The molecule has 1 fully saturated rings. The second-order valence-corrected chi connectivity index (χ2v) is 4.48. The Morgan fingerprint density at radius 3 is 2.19 bits per heavy atom. The Hall–Kier alpha value is -1.18. The van der Waals surface area contributed by atoms with Gasteiger partial charge in [0.15, 0.2) is 0 Å². The van der Waals surface area contributed by atoms with E-state index in [0.29, 0.717) is 18.2 Å². The number of hydrogen-bond donors (Lipinski definition) is 0. The van der Waals surface area contributed by atoms with E-state index in [0.717, 1.165) is 25.7 Å². The molecule has 0 aliphatic heterocycles. The number of halogens is 2. The molecule has 2 rings (SSSR count). The van der Waals surface area contributed by atoms with Gasteiger partial charge in [-0.15, -0.1) is 0 Å². The number of benzene rings is 1. The summed E-state index contributed by atoms with van der Waals surface area (Å²) in [5.41, 5.74) is 1.21. The molecule has 1 saturated carbocycles. The number of hydrogen-bond acceptors (Lipinski definition) is 0. The second kappa shape index (κ2) is 5.24. The Bertz CT molecular complexity index is 346. The fraction of sp³-hybridized carbons (Fsp3) is 0.429. The van der Waals surface area contributed by atoms with Crippen LogP contribution in [0, 0.1) is 11.7 Å². The predicted octanol–water partition coefficient (Wildman–Crippen LogP) is 4.58. The lowest BCUT2D eigenvalue weighted by molar-refractivity contribution is 0.373. The quantitative estimate of drug-likeness (QED) is 0.687. The highest BCUT2D eigenvalue weighted by Crippen LogP contribution is 2.36. The summed E-state index contributed by atoms with van der Waals surface area (Å²) in [7, 11) is 0. The molecule has 0 spiro atoms. The number of allylic oxidation sites excluding steroid dienone is 1. The van der Waals surface area contributed by atoms with Crippen molar-refractivity contribution >= 4 is 0 Å². The molecule has 0 aromatic heterocycles. The lowest BCUT2D eigenvalue weighted by atomic mass is 9.79. The minimum absolute atomic E-state index is 0.183. The van der Waals surface area contributed by atoms with E-state index < -0.39 is 0 Å². The van der Waals surface area contributed by atoms with Crippen LogP contribution in [0.1, 0.15) is 37.2 Å². The van der Waals surface area contributed by atoms with Gasteiger partial charge in [0.05, 0.1) is 6.33 Å². The Labute approximate surface area is 95.0 Å². The summed E-state index contributed by atoms with van der Waals surface area (Å²) in [4.78, 5) is 0. The molecule has 0 N–H and O–H groups in total. The molecule has 0 bridgehead atoms. The minimum Gasteiger partial charge on any atom is -0.216 e. The summed E-state index contributed by atoms with van der Waals surface area (Å²) in [5.74, 6) is 0.726. The molecular formula is C14H16F2. The molecule has 0 unspecified atom stereocenters. The standard InChI is InChI=1S/C14H16F2/c15-10-9-11-1-3-12(4-2-11)13-5-7-14(16)8-6-13/h5-12H,1-4H2. The molecule has 0 heterocycles. The maximum Gasteiger partial charge on any atom is 0.123 e. The smallest absolute Gasteiger partial charge is 0.123 e. The average molecular weight is 222 g/mol. The van der Waals surface area contributed by atoms with Gasteiger partial charge in [-0.2, -0.15) is 0 Å². The summed E-state index contributed by atoms with van der Waals surface area (Å²) >= 11 is 0. The number of rotatable bonds is 2. The molecule has 16 heavy (non-hydrogen) atoms. The van der Waals surface area contributed by atoms with Crippen molar-refractivity contribution in [2.24, 2.45) is 5.92 Å². The van der Waals surface area contributed by atoms with Crippen LogP contribution in [0.15, 0.2) is 36.7 Å². The maximum absolute atomic E-state index is 12.8. The molecule has 1 aromatic rings. The van der Waals surface area contributed by atoms with Crippen LogP contribution in [0.4, 0.5) is 8.78 Å². The van der Waals surface area contributed by atoms with Crippen molar-refractivity contribution in [3.63, 3.8) is 0 Å². The van der Waals surface area contributed by atoms with E-state index >= 15 is 0 Å². The molecule has 86 valence electrons. The third-order valence-corrected chi connectivity index (χ3v) is 3.46. The van der Waals surface area contributed by atoms with Crippen molar-refractivity contribution in [1.82, 2.24) is 0 Å². The first kappa shape index (κ1) is 11.3. The highest BCUT2D eigenvalue weighted by atomic mass is 19.1. The fourth-order valence-electron chi connectivity index (χ4n) is 2.48. The fourth-order valence-corrected chi connectivity index (χ4v) is 2.48. The van der Waals surface area contributed by atoms with Crippen molar-refractivity contribution in [3.8, 4) is 0 Å². The van der Waals surface area contributed by atoms with Crippen molar-refractivity contribution in [1.29, 1.82) is 0 Å². The van der Waals surface area contributed by atoms with Gasteiger partial charge in [-0.3, -0.25) is 0 Å². The monoisotopic (exact) mass is 222 g/mol. The van der Waals surface area contributed by atoms with Crippen molar-refractivity contribution in [2.45, 2.75) is 31.6 Å². The van der Waals surface area contributed by atoms with Crippen LogP contribution in [-0.4, -0.2) is 0 Å². The minimum atomic E-state index is -0.183. The maximum atomic E-state index is 12.8. The Morgan fingerprint density at radius 1 is 1.00 bits per heavy atom. The second-order valence-electron chi connectivity index (χ2n) is 4.48. The third kappa shape index (κ3) is 2.69. The average Bonchev–Trinajstić information content (AvgIpc) is 2.32. The van der Waals surface area contributed by atoms with Gasteiger partial charge in [-0.05, 0) is 55.2 Å². The summed E-state index contributed by atoms with van der Waals surface area (Å²) in [6, 6.07) is 6.77. The van der Waals surface area contributed by atoms with Gasteiger partial charge in [-0.25, -0.2) is 8.78 Å². The van der Waals surface area contributed by atoms with Crippen LogP contribution < -0.4 is 0 Å². The van der Waals surface area contributed by atoms with E-state index in [9.17, 15) is 8.78 Å². The van der Waals surface area contributed by atoms with Crippen molar-refractivity contribution in [2.75, 3.05) is 0 Å². The normalized spacial score (nSPS) is 26.1. The van der Waals surface area contributed by atoms with E-state index in [1.165, 1.54) is 17.7 Å². The molecule has 0 nitrogen and oxygen atoms in total. The molecule has 2 heteroatoms. The van der Waals surface area contributed by atoms with E-state index in [2.05, 4.69) is 0 Å². The summed E-state index contributed by atoms with van der Waals surface area (Å²) < 4.78 is 24.8. The first-order valence-corrected chi connectivity index (χ1v) is 5.82. The topological polar surface area (TPSA) is 0 Å².